The molecule has 4 aromatic rings. The second-order valence-corrected chi connectivity index (χ2v) is 9.07. The number of carbonyl (C=O) groups is 2. The lowest BCUT2D eigenvalue weighted by Gasteiger charge is -2.38. The number of hydrogen-bond donors (Lipinski definition) is 1. The molecule has 5 rings (SSSR count). The van der Waals surface area contributed by atoms with Crippen molar-refractivity contribution in [1.82, 2.24) is 20.1 Å². The van der Waals surface area contributed by atoms with Crippen LogP contribution in [0.1, 0.15) is 45.6 Å². The minimum atomic E-state index is -4.64. The zero-order valence-corrected chi connectivity index (χ0v) is 20.9. The van der Waals surface area contributed by atoms with E-state index in [4.69, 9.17) is 0 Å². The molecule has 0 aliphatic carbocycles. The van der Waals surface area contributed by atoms with E-state index < -0.39 is 41.5 Å². The number of anilines is 1. The maximum atomic E-state index is 14.0. The Morgan fingerprint density at radius 2 is 1.79 bits per heavy atom. The number of pyridine rings is 1. The highest BCUT2D eigenvalue weighted by atomic mass is 19.4. The minimum Gasteiger partial charge on any atom is -0.339 e. The first-order valence-electron chi connectivity index (χ1n) is 12.2. The number of nitrogens with one attached hydrogen (secondary N) is 1. The van der Waals surface area contributed by atoms with Gasteiger partial charge in [0.2, 0.25) is 5.95 Å². The van der Waals surface area contributed by atoms with Crippen LogP contribution in [0.4, 0.5) is 23.4 Å². The molecule has 7 nitrogen and oxygen atoms in total. The van der Waals surface area contributed by atoms with Crippen LogP contribution in [0.3, 0.4) is 0 Å². The summed E-state index contributed by atoms with van der Waals surface area (Å²) in [4.78, 5) is 32.4. The lowest BCUT2D eigenvalue weighted by Crippen LogP contribution is -2.55. The van der Waals surface area contributed by atoms with E-state index in [0.29, 0.717) is 28.3 Å². The van der Waals surface area contributed by atoms with E-state index in [0.717, 1.165) is 24.3 Å². The summed E-state index contributed by atoms with van der Waals surface area (Å²) in [5.41, 5.74) is 1.08. The number of likely N-dealkylation sites (N-methyl/N-ethyl adjacent to an activating group) is 1. The molecule has 0 saturated carbocycles. The number of nitrogens with zero attached hydrogens (tertiary/aromatic N) is 4. The summed E-state index contributed by atoms with van der Waals surface area (Å²) in [5.74, 6) is -2.41. The molecule has 3 heterocycles. The molecule has 2 amide bonds. The van der Waals surface area contributed by atoms with Gasteiger partial charge in [-0.15, -0.1) is 0 Å². The van der Waals surface area contributed by atoms with E-state index in [1.165, 1.54) is 23.2 Å². The van der Waals surface area contributed by atoms with E-state index >= 15 is 0 Å². The number of carbonyl (C=O) groups excluding carboxylic acids is 2. The highest BCUT2D eigenvalue weighted by Crippen LogP contribution is 2.43. The second kappa shape index (κ2) is 9.97. The molecule has 0 radical (unpaired) electrons. The quantitative estimate of drug-likeness (QED) is 0.286. The second-order valence-electron chi connectivity index (χ2n) is 9.07. The van der Waals surface area contributed by atoms with Crippen molar-refractivity contribution < 1.29 is 27.2 Å². The van der Waals surface area contributed by atoms with Gasteiger partial charge in [0, 0.05) is 29.8 Å². The van der Waals surface area contributed by atoms with Crippen LogP contribution < -0.4 is 10.2 Å². The summed E-state index contributed by atoms with van der Waals surface area (Å²) in [6.45, 7) is 3.76. The van der Waals surface area contributed by atoms with Gasteiger partial charge in [0.25, 0.3) is 11.8 Å². The molecule has 0 fully saturated rings. The van der Waals surface area contributed by atoms with Crippen LogP contribution in [0, 0.1) is 12.9 Å². The Balaban J connectivity index is 1.65. The van der Waals surface area contributed by atoms with Gasteiger partial charge in [-0.25, -0.2) is 9.67 Å². The van der Waals surface area contributed by atoms with Gasteiger partial charge in [-0.05, 0) is 55.8 Å². The third-order valence-electron chi connectivity index (χ3n) is 6.68. The van der Waals surface area contributed by atoms with Crippen LogP contribution >= 0.6 is 0 Å². The Labute approximate surface area is 221 Å². The number of para-hydroxylation sites is 1. The predicted molar refractivity (Wildman–Crippen MR) is 135 cm³/mol. The smallest absolute Gasteiger partial charge is 0.339 e. The summed E-state index contributed by atoms with van der Waals surface area (Å²) >= 11 is 0. The van der Waals surface area contributed by atoms with Gasteiger partial charge >= 0.3 is 6.18 Å². The average Bonchev–Trinajstić information content (AvgIpc) is 3.26. The summed E-state index contributed by atoms with van der Waals surface area (Å²) in [5, 5.41) is 7.34. The SMILES string of the molecule is CCN1C(=O)C(NC(=O)c2cccc(C(F)(F)F)c2)C(c2ccc(F)nc2)c2c(C)nn(-c3ccccc3)c21. The topological polar surface area (TPSA) is 80.1 Å². The lowest BCUT2D eigenvalue weighted by molar-refractivity contribution is -0.137. The Morgan fingerprint density at radius 3 is 2.44 bits per heavy atom. The summed E-state index contributed by atoms with van der Waals surface area (Å²) < 4.78 is 55.2. The minimum absolute atomic E-state index is 0.230. The van der Waals surface area contributed by atoms with E-state index in [1.54, 1.807) is 18.5 Å². The van der Waals surface area contributed by atoms with Gasteiger partial charge in [-0.1, -0.05) is 30.3 Å². The zero-order valence-electron chi connectivity index (χ0n) is 20.9. The molecular formula is C28H23F4N5O2. The van der Waals surface area contributed by atoms with Crippen LogP contribution in [0.5, 0.6) is 0 Å². The van der Waals surface area contributed by atoms with Crippen molar-refractivity contribution in [3.63, 3.8) is 0 Å². The largest absolute Gasteiger partial charge is 0.416 e. The fraction of sp³-hybridized carbons (Fsp3) is 0.214. The fourth-order valence-electron chi connectivity index (χ4n) is 4.92. The molecular weight excluding hydrogens is 514 g/mol. The Morgan fingerprint density at radius 1 is 1.05 bits per heavy atom. The average molecular weight is 538 g/mol. The predicted octanol–water partition coefficient (Wildman–Crippen LogP) is 5.03. The molecule has 1 aliphatic heterocycles. The number of benzene rings is 2. The molecule has 0 bridgehead atoms. The summed E-state index contributed by atoms with van der Waals surface area (Å²) in [6.07, 6.45) is -3.36. The van der Waals surface area contributed by atoms with Crippen molar-refractivity contribution >= 4 is 17.6 Å². The molecule has 2 atom stereocenters. The molecule has 1 aliphatic rings. The van der Waals surface area contributed by atoms with Gasteiger partial charge in [-0.2, -0.15) is 22.7 Å². The third-order valence-corrected chi connectivity index (χ3v) is 6.68. The lowest BCUT2D eigenvalue weighted by atomic mass is 9.81. The molecule has 200 valence electrons. The highest BCUT2D eigenvalue weighted by Gasteiger charge is 2.45. The van der Waals surface area contributed by atoms with E-state index in [-0.39, 0.29) is 12.1 Å². The van der Waals surface area contributed by atoms with E-state index in [2.05, 4.69) is 15.4 Å². The molecule has 0 spiro atoms. The summed E-state index contributed by atoms with van der Waals surface area (Å²) in [7, 11) is 0. The van der Waals surface area contributed by atoms with Crippen LogP contribution in [0.2, 0.25) is 0 Å². The first-order valence-corrected chi connectivity index (χ1v) is 12.2. The molecule has 2 aromatic carbocycles. The number of hydrogen-bond acceptors (Lipinski definition) is 4. The Bertz CT molecular complexity index is 1530. The molecule has 2 aromatic heterocycles. The van der Waals surface area contributed by atoms with Gasteiger partial charge in [0.15, 0.2) is 0 Å². The molecule has 1 N–H and O–H groups in total. The number of aromatic nitrogens is 3. The Kier molecular flexibility index (Phi) is 6.67. The van der Waals surface area contributed by atoms with Crippen molar-refractivity contribution in [2.75, 3.05) is 11.4 Å². The van der Waals surface area contributed by atoms with Gasteiger partial charge in [0.05, 0.1) is 16.9 Å². The third kappa shape index (κ3) is 4.75. The normalized spacial score (nSPS) is 17.2. The number of halogens is 4. The molecule has 39 heavy (non-hydrogen) atoms. The maximum Gasteiger partial charge on any atom is 0.416 e. The van der Waals surface area contributed by atoms with Gasteiger partial charge in [-0.3, -0.25) is 14.5 Å². The number of alkyl halides is 3. The molecule has 0 saturated heterocycles. The number of amides is 2. The van der Waals surface area contributed by atoms with Crippen LogP contribution in [0.15, 0.2) is 72.9 Å². The van der Waals surface area contributed by atoms with E-state index in [9.17, 15) is 27.2 Å². The van der Waals surface area contributed by atoms with Crippen molar-refractivity contribution in [3.05, 3.63) is 107 Å². The van der Waals surface area contributed by atoms with Gasteiger partial charge in [0.1, 0.15) is 11.9 Å². The highest BCUT2D eigenvalue weighted by molar-refractivity contribution is 6.05. The first-order chi connectivity index (χ1) is 18.6. The fourth-order valence-corrected chi connectivity index (χ4v) is 4.92. The number of fused-ring (bicyclic) bond motifs is 1. The zero-order chi connectivity index (χ0) is 27.9. The van der Waals surface area contributed by atoms with Crippen molar-refractivity contribution in [2.24, 2.45) is 0 Å². The number of aryl methyl sites for hydroxylation is 1. The van der Waals surface area contributed by atoms with Gasteiger partial charge < -0.3 is 5.32 Å². The Hall–Kier alpha value is -4.54. The van der Waals surface area contributed by atoms with Crippen molar-refractivity contribution in [2.45, 2.75) is 32.0 Å². The molecule has 11 heteroatoms. The summed E-state index contributed by atoms with van der Waals surface area (Å²) in [6, 6.07) is 14.5. The standard InChI is InChI=1S/C28H23F4N5O2/c1-3-36-26-22(16(2)35-37(26)20-10-5-4-6-11-20)23(18-12-13-21(29)33-15-18)24(27(36)39)34-25(38)17-8-7-9-19(14-17)28(30,31)32/h4-15,23-24H,3H2,1-2H3,(H,34,38). The van der Waals surface area contributed by atoms with E-state index in [1.807, 2.05) is 30.3 Å². The van der Waals surface area contributed by atoms with Crippen LogP contribution in [-0.2, 0) is 11.0 Å². The van der Waals surface area contributed by atoms with Crippen LogP contribution in [0.25, 0.3) is 5.69 Å². The number of rotatable bonds is 5. The van der Waals surface area contributed by atoms with Crippen LogP contribution in [-0.4, -0.2) is 39.2 Å². The van der Waals surface area contributed by atoms with Crippen molar-refractivity contribution in [1.29, 1.82) is 0 Å². The monoisotopic (exact) mass is 537 g/mol. The molecule has 2 unspecified atom stereocenters. The first kappa shape index (κ1) is 26.1. The van der Waals surface area contributed by atoms with Crippen molar-refractivity contribution in [3.8, 4) is 5.69 Å². The maximum absolute atomic E-state index is 14.0.